The third-order valence-electron chi connectivity index (χ3n) is 3.56. The van der Waals surface area contributed by atoms with Crippen molar-refractivity contribution in [3.05, 3.63) is 47.8 Å². The van der Waals surface area contributed by atoms with Gasteiger partial charge in [-0.2, -0.15) is 0 Å². The number of rotatable bonds is 3. The van der Waals surface area contributed by atoms with Crippen LogP contribution < -0.4 is 4.90 Å². The third-order valence-corrected chi connectivity index (χ3v) is 3.56. The zero-order valence-corrected chi connectivity index (χ0v) is 11.7. The quantitative estimate of drug-likeness (QED) is 0.814. The standard InChI is InChI=1S/C15H14FN3O2/c1-9(2)19-8-17-6-11(19)7-18-13-4-3-10(16)5-12(13)14(20)15(18)21/h3-6,8-9H,7H2,1-2H3. The lowest BCUT2D eigenvalue weighted by Crippen LogP contribution is -2.30. The topological polar surface area (TPSA) is 55.2 Å². The van der Waals surface area contributed by atoms with Gasteiger partial charge in [-0.05, 0) is 32.0 Å². The molecule has 6 heteroatoms. The van der Waals surface area contributed by atoms with Crippen molar-refractivity contribution in [1.82, 2.24) is 9.55 Å². The van der Waals surface area contributed by atoms with Crippen LogP contribution in [0.3, 0.4) is 0 Å². The molecule has 1 aliphatic rings. The van der Waals surface area contributed by atoms with Crippen molar-refractivity contribution in [3.63, 3.8) is 0 Å². The molecule has 1 aromatic heterocycles. The summed E-state index contributed by atoms with van der Waals surface area (Å²) in [6.07, 6.45) is 3.35. The van der Waals surface area contributed by atoms with E-state index < -0.39 is 17.5 Å². The van der Waals surface area contributed by atoms with E-state index in [1.165, 1.54) is 17.0 Å². The fourth-order valence-corrected chi connectivity index (χ4v) is 2.51. The summed E-state index contributed by atoms with van der Waals surface area (Å²) < 4.78 is 15.2. The Balaban J connectivity index is 1.99. The van der Waals surface area contributed by atoms with Crippen molar-refractivity contribution in [2.75, 3.05) is 4.90 Å². The maximum absolute atomic E-state index is 13.2. The number of halogens is 1. The predicted octanol–water partition coefficient (Wildman–Crippen LogP) is 2.33. The lowest BCUT2D eigenvalue weighted by atomic mass is 10.1. The molecule has 2 heterocycles. The average molecular weight is 287 g/mol. The Hall–Kier alpha value is -2.50. The average Bonchev–Trinajstić information content (AvgIpc) is 2.99. The Morgan fingerprint density at radius 2 is 2.05 bits per heavy atom. The van der Waals surface area contributed by atoms with Crippen LogP contribution in [-0.2, 0) is 11.3 Å². The minimum Gasteiger partial charge on any atom is -0.330 e. The van der Waals surface area contributed by atoms with Gasteiger partial charge in [0.2, 0.25) is 0 Å². The number of nitrogens with zero attached hydrogens (tertiary/aromatic N) is 3. The first-order valence-electron chi connectivity index (χ1n) is 6.65. The highest BCUT2D eigenvalue weighted by Gasteiger charge is 2.36. The molecule has 0 saturated carbocycles. The Labute approximate surface area is 121 Å². The van der Waals surface area contributed by atoms with Crippen LogP contribution in [0.15, 0.2) is 30.7 Å². The van der Waals surface area contributed by atoms with E-state index in [4.69, 9.17) is 0 Å². The molecule has 0 fully saturated rings. The molecule has 1 aromatic carbocycles. The molecule has 1 amide bonds. The van der Waals surface area contributed by atoms with E-state index in [1.54, 1.807) is 12.5 Å². The van der Waals surface area contributed by atoms with E-state index >= 15 is 0 Å². The van der Waals surface area contributed by atoms with Gasteiger partial charge in [0, 0.05) is 12.2 Å². The molecule has 1 aliphatic heterocycles. The Kier molecular flexibility index (Phi) is 3.08. The summed E-state index contributed by atoms with van der Waals surface area (Å²) in [5.74, 6) is -1.82. The number of hydrogen-bond donors (Lipinski definition) is 0. The first-order chi connectivity index (χ1) is 9.99. The highest BCUT2D eigenvalue weighted by atomic mass is 19.1. The Bertz CT molecular complexity index is 736. The van der Waals surface area contributed by atoms with E-state index in [0.717, 1.165) is 11.8 Å². The normalized spacial score (nSPS) is 14.2. The van der Waals surface area contributed by atoms with Gasteiger partial charge in [-0.15, -0.1) is 0 Å². The van der Waals surface area contributed by atoms with Crippen LogP contribution >= 0.6 is 0 Å². The molecule has 0 saturated heterocycles. The molecule has 0 spiro atoms. The first-order valence-corrected chi connectivity index (χ1v) is 6.65. The van der Waals surface area contributed by atoms with Crippen LogP contribution in [0.1, 0.15) is 35.9 Å². The summed E-state index contributed by atoms with van der Waals surface area (Å²) in [7, 11) is 0. The van der Waals surface area contributed by atoms with Crippen LogP contribution in [0.5, 0.6) is 0 Å². The van der Waals surface area contributed by atoms with Gasteiger partial charge in [-0.25, -0.2) is 9.37 Å². The molecule has 0 unspecified atom stereocenters. The lowest BCUT2D eigenvalue weighted by Gasteiger charge is -2.19. The summed E-state index contributed by atoms with van der Waals surface area (Å²) in [5, 5.41) is 0. The first kappa shape index (κ1) is 13.5. The van der Waals surface area contributed by atoms with Gasteiger partial charge in [0.25, 0.3) is 11.7 Å². The second-order valence-corrected chi connectivity index (χ2v) is 5.27. The van der Waals surface area contributed by atoms with Crippen LogP contribution in [-0.4, -0.2) is 21.2 Å². The molecule has 0 bridgehead atoms. The number of amides is 1. The van der Waals surface area contributed by atoms with Gasteiger partial charge in [-0.1, -0.05) is 0 Å². The van der Waals surface area contributed by atoms with E-state index in [9.17, 15) is 14.0 Å². The zero-order valence-electron chi connectivity index (χ0n) is 11.7. The number of anilines is 1. The second kappa shape index (κ2) is 4.80. The minimum absolute atomic E-state index is 0.121. The number of ketones is 1. The van der Waals surface area contributed by atoms with E-state index in [1.807, 2.05) is 18.4 Å². The summed E-state index contributed by atoms with van der Waals surface area (Å²) in [6.45, 7) is 4.25. The maximum atomic E-state index is 13.2. The SMILES string of the molecule is CC(C)n1cncc1CN1C(=O)C(=O)c2cc(F)ccc21. The van der Waals surface area contributed by atoms with Crippen molar-refractivity contribution in [2.24, 2.45) is 0 Å². The van der Waals surface area contributed by atoms with Crippen LogP contribution in [0, 0.1) is 5.82 Å². The van der Waals surface area contributed by atoms with Gasteiger partial charge in [0.15, 0.2) is 0 Å². The molecule has 0 aliphatic carbocycles. The fraction of sp³-hybridized carbons (Fsp3) is 0.267. The maximum Gasteiger partial charge on any atom is 0.299 e. The molecule has 21 heavy (non-hydrogen) atoms. The Morgan fingerprint density at radius 3 is 2.76 bits per heavy atom. The van der Waals surface area contributed by atoms with Gasteiger partial charge >= 0.3 is 0 Å². The van der Waals surface area contributed by atoms with Crippen molar-refractivity contribution >= 4 is 17.4 Å². The predicted molar refractivity (Wildman–Crippen MR) is 74.5 cm³/mol. The van der Waals surface area contributed by atoms with Gasteiger partial charge in [0.1, 0.15) is 5.82 Å². The number of carbonyl (C=O) groups is 2. The molecule has 0 radical (unpaired) electrons. The summed E-state index contributed by atoms with van der Waals surface area (Å²) in [4.78, 5) is 29.5. The van der Waals surface area contributed by atoms with Crippen molar-refractivity contribution < 1.29 is 14.0 Å². The number of aromatic nitrogens is 2. The van der Waals surface area contributed by atoms with Crippen LogP contribution in [0.4, 0.5) is 10.1 Å². The van der Waals surface area contributed by atoms with E-state index in [0.29, 0.717) is 5.69 Å². The molecule has 0 N–H and O–H groups in total. The summed E-state index contributed by atoms with van der Waals surface area (Å²) in [5.41, 5.74) is 1.39. The van der Waals surface area contributed by atoms with E-state index in [2.05, 4.69) is 4.98 Å². The van der Waals surface area contributed by atoms with Crippen LogP contribution in [0.2, 0.25) is 0 Å². The number of benzene rings is 1. The molecule has 0 atom stereocenters. The molecule has 3 rings (SSSR count). The van der Waals surface area contributed by atoms with Crippen molar-refractivity contribution in [1.29, 1.82) is 0 Å². The molecular formula is C15H14FN3O2. The van der Waals surface area contributed by atoms with Crippen molar-refractivity contribution in [2.45, 2.75) is 26.4 Å². The smallest absolute Gasteiger partial charge is 0.299 e. The lowest BCUT2D eigenvalue weighted by molar-refractivity contribution is -0.114. The number of imidazole rings is 1. The number of hydrogen-bond acceptors (Lipinski definition) is 3. The van der Waals surface area contributed by atoms with E-state index in [-0.39, 0.29) is 18.2 Å². The minimum atomic E-state index is -0.667. The van der Waals surface area contributed by atoms with Gasteiger partial charge < -0.3 is 4.57 Å². The van der Waals surface area contributed by atoms with Crippen molar-refractivity contribution in [3.8, 4) is 0 Å². The van der Waals surface area contributed by atoms with Gasteiger partial charge in [0.05, 0.1) is 29.8 Å². The Morgan fingerprint density at radius 1 is 1.29 bits per heavy atom. The number of Topliss-reactive ketones (excluding diaryl/α,β-unsaturated/α-hetero) is 1. The largest absolute Gasteiger partial charge is 0.330 e. The molecule has 108 valence electrons. The number of carbonyl (C=O) groups excluding carboxylic acids is 2. The van der Waals surface area contributed by atoms with Crippen LogP contribution in [0.25, 0.3) is 0 Å². The third kappa shape index (κ3) is 2.12. The molecule has 5 nitrogen and oxygen atoms in total. The summed E-state index contributed by atoms with van der Waals surface area (Å²) in [6, 6.07) is 4.01. The van der Waals surface area contributed by atoms with Gasteiger partial charge in [-0.3, -0.25) is 14.5 Å². The number of fused-ring (bicyclic) bond motifs is 1. The zero-order chi connectivity index (χ0) is 15.1. The monoisotopic (exact) mass is 287 g/mol. The fourth-order valence-electron chi connectivity index (χ4n) is 2.51. The highest BCUT2D eigenvalue weighted by Crippen LogP contribution is 2.31. The summed E-state index contributed by atoms with van der Waals surface area (Å²) >= 11 is 0. The second-order valence-electron chi connectivity index (χ2n) is 5.27. The molecule has 2 aromatic rings. The highest BCUT2D eigenvalue weighted by molar-refractivity contribution is 6.52. The molecular weight excluding hydrogens is 273 g/mol.